The molecular weight excluding hydrogens is 696 g/mol. The Kier molecular flexibility index (Phi) is 13.6. The molecule has 1 aliphatic heterocycles. The fourth-order valence-corrected chi connectivity index (χ4v) is 6.02. The van der Waals surface area contributed by atoms with Crippen LogP contribution >= 0.6 is 0 Å². The van der Waals surface area contributed by atoms with Crippen molar-refractivity contribution in [1.82, 2.24) is 20.9 Å². The van der Waals surface area contributed by atoms with Crippen LogP contribution in [0, 0.1) is 10.1 Å². The summed E-state index contributed by atoms with van der Waals surface area (Å²) in [6, 6.07) is 25.1. The minimum absolute atomic E-state index is 0.0518. The quantitative estimate of drug-likeness (QED) is 0.0748. The molecule has 4 aromatic rings. The van der Waals surface area contributed by atoms with Gasteiger partial charge in [-0.25, -0.2) is 4.79 Å². The number of carbonyl (C=O) groups is 5. The molecule has 1 heterocycles. The fourth-order valence-electron chi connectivity index (χ4n) is 6.02. The maximum atomic E-state index is 14.1. The van der Waals surface area contributed by atoms with Gasteiger partial charge in [0.1, 0.15) is 31.8 Å². The van der Waals surface area contributed by atoms with E-state index in [1.54, 1.807) is 0 Å². The lowest BCUT2D eigenvalue weighted by atomic mass is 10.00. The van der Waals surface area contributed by atoms with Crippen molar-refractivity contribution < 1.29 is 38.4 Å². The normalized spacial score (nSPS) is 14.8. The van der Waals surface area contributed by atoms with E-state index in [0.29, 0.717) is 18.4 Å². The number of likely N-dealkylation sites (tertiary alicyclic amines) is 1. The Labute approximate surface area is 311 Å². The first-order valence-corrected chi connectivity index (χ1v) is 17.5. The van der Waals surface area contributed by atoms with Crippen LogP contribution in [0.1, 0.15) is 36.0 Å². The molecule has 4 aromatic carbocycles. The second-order valence-corrected chi connectivity index (χ2v) is 12.8. The predicted octanol–water partition coefficient (Wildman–Crippen LogP) is 3.27. The van der Waals surface area contributed by atoms with Crippen LogP contribution in [-0.2, 0) is 48.3 Å². The second-order valence-electron chi connectivity index (χ2n) is 12.8. The smallest absolute Gasteiger partial charge is 0.407 e. The van der Waals surface area contributed by atoms with Gasteiger partial charge in [0.25, 0.3) is 5.69 Å². The van der Waals surface area contributed by atoms with Crippen molar-refractivity contribution in [3.8, 4) is 0 Å². The first-order valence-electron chi connectivity index (χ1n) is 17.5. The first kappa shape index (κ1) is 38.9. The van der Waals surface area contributed by atoms with Gasteiger partial charge in [-0.15, -0.1) is 0 Å². The molecular formula is C39H42N6O9. The van der Waals surface area contributed by atoms with Crippen LogP contribution in [0.5, 0.6) is 0 Å². The zero-order valence-electron chi connectivity index (χ0n) is 29.5. The number of nitrogens with zero attached hydrogens (tertiary/aromatic N) is 2. The molecule has 54 heavy (non-hydrogen) atoms. The zero-order chi connectivity index (χ0) is 38.5. The number of nitrogens with one attached hydrogen (secondary N) is 3. The van der Waals surface area contributed by atoms with Crippen molar-refractivity contribution >= 4 is 46.2 Å². The summed E-state index contributed by atoms with van der Waals surface area (Å²) in [5, 5.41) is 20.7. The van der Waals surface area contributed by atoms with Crippen LogP contribution in [-0.4, -0.2) is 77.4 Å². The Morgan fingerprint density at radius 1 is 0.833 bits per heavy atom. The van der Waals surface area contributed by atoms with Gasteiger partial charge >= 0.3 is 12.1 Å². The molecule has 282 valence electrons. The van der Waals surface area contributed by atoms with Gasteiger partial charge in [0.2, 0.25) is 17.7 Å². The Bertz CT molecular complexity index is 1960. The Hall–Kier alpha value is -6.35. The summed E-state index contributed by atoms with van der Waals surface area (Å²) >= 11 is 0. The van der Waals surface area contributed by atoms with E-state index in [2.05, 4.69) is 16.0 Å². The van der Waals surface area contributed by atoms with Crippen LogP contribution in [0.4, 0.5) is 10.5 Å². The topological polar surface area (TPSA) is 212 Å². The lowest BCUT2D eigenvalue weighted by Gasteiger charge is -2.29. The van der Waals surface area contributed by atoms with E-state index < -0.39 is 59.4 Å². The lowest BCUT2D eigenvalue weighted by molar-refractivity contribution is -0.384. The molecule has 0 saturated carbocycles. The van der Waals surface area contributed by atoms with E-state index >= 15 is 0 Å². The largest absolute Gasteiger partial charge is 0.460 e. The summed E-state index contributed by atoms with van der Waals surface area (Å²) < 4.78 is 10.4. The van der Waals surface area contributed by atoms with Gasteiger partial charge in [-0.1, -0.05) is 72.8 Å². The molecule has 4 amide bonds. The molecule has 15 nitrogen and oxygen atoms in total. The van der Waals surface area contributed by atoms with Gasteiger partial charge in [0.15, 0.2) is 0 Å². The number of hydrogen-bond acceptors (Lipinski definition) is 10. The maximum absolute atomic E-state index is 14.1. The number of fused-ring (bicyclic) bond motifs is 1. The van der Waals surface area contributed by atoms with Gasteiger partial charge in [0, 0.05) is 31.6 Å². The van der Waals surface area contributed by atoms with Crippen LogP contribution in [0.25, 0.3) is 10.8 Å². The highest BCUT2D eigenvalue weighted by molar-refractivity contribution is 5.94. The highest BCUT2D eigenvalue weighted by Gasteiger charge is 2.38. The summed E-state index contributed by atoms with van der Waals surface area (Å²) in [5.41, 5.74) is 8.23. The van der Waals surface area contributed by atoms with Crippen molar-refractivity contribution in [2.45, 2.75) is 57.0 Å². The third-order valence-electron chi connectivity index (χ3n) is 8.93. The minimum Gasteiger partial charge on any atom is -0.460 e. The number of non-ortho nitro benzene ring substituents is 1. The van der Waals surface area contributed by atoms with E-state index in [4.69, 9.17) is 15.2 Å². The molecule has 0 aromatic heterocycles. The molecule has 5 N–H and O–H groups in total. The van der Waals surface area contributed by atoms with Crippen molar-refractivity contribution in [3.63, 3.8) is 0 Å². The standard InChI is InChI=1S/C39H42N6O9/c40-32(18-19-41-39(50)54-25-26-7-2-1-3-8-26)36(47)43-33(22-28-12-15-29-9-4-5-10-30(29)21-28)38(49)44-20-6-11-34(44)37(48)42-23-35(46)53-24-27-13-16-31(17-14-27)45(51)52/h1-5,7-10,12-17,21,32-34H,6,11,18-20,22-25,40H2,(H,41,50)(H,42,48)(H,43,47)/t32-,33+,34-/m1/s1. The Morgan fingerprint density at radius 2 is 1.50 bits per heavy atom. The average Bonchev–Trinajstić information content (AvgIpc) is 3.68. The number of alkyl carbamates (subject to hydrolysis) is 1. The molecule has 0 radical (unpaired) electrons. The molecule has 0 aliphatic carbocycles. The first-order chi connectivity index (χ1) is 26.1. The van der Waals surface area contributed by atoms with E-state index in [-0.39, 0.29) is 44.8 Å². The van der Waals surface area contributed by atoms with E-state index in [1.165, 1.54) is 29.2 Å². The van der Waals surface area contributed by atoms with Gasteiger partial charge < -0.3 is 36.1 Å². The Balaban J connectivity index is 1.18. The molecule has 3 atom stereocenters. The Morgan fingerprint density at radius 3 is 2.24 bits per heavy atom. The van der Waals surface area contributed by atoms with Crippen LogP contribution < -0.4 is 21.7 Å². The minimum atomic E-state index is -1.08. The number of nitro groups is 1. The number of hydrogen-bond donors (Lipinski definition) is 4. The monoisotopic (exact) mass is 738 g/mol. The van der Waals surface area contributed by atoms with E-state index in [1.807, 2.05) is 72.8 Å². The van der Waals surface area contributed by atoms with Gasteiger partial charge in [0.05, 0.1) is 11.0 Å². The van der Waals surface area contributed by atoms with E-state index in [0.717, 1.165) is 21.9 Å². The third kappa shape index (κ3) is 11.1. The SMILES string of the molecule is N[C@H](CCNC(=O)OCc1ccccc1)C(=O)N[C@@H](Cc1ccc2ccccc2c1)C(=O)N1CCC[C@@H]1C(=O)NCC(=O)OCc1ccc([N+](=O)[O-])cc1. The summed E-state index contributed by atoms with van der Waals surface area (Å²) in [6.07, 6.45) is 0.394. The number of esters is 1. The molecule has 1 saturated heterocycles. The number of benzene rings is 4. The molecule has 0 spiro atoms. The highest BCUT2D eigenvalue weighted by Crippen LogP contribution is 2.22. The molecule has 5 rings (SSSR count). The molecule has 15 heteroatoms. The molecule has 0 unspecified atom stereocenters. The van der Waals surface area contributed by atoms with Crippen LogP contribution in [0.3, 0.4) is 0 Å². The second kappa shape index (κ2) is 18.9. The molecule has 1 fully saturated rings. The number of rotatable bonds is 16. The van der Waals surface area contributed by atoms with Crippen LogP contribution in [0.15, 0.2) is 97.1 Å². The van der Waals surface area contributed by atoms with Crippen LogP contribution in [0.2, 0.25) is 0 Å². The van der Waals surface area contributed by atoms with Crippen molar-refractivity contribution in [1.29, 1.82) is 0 Å². The number of nitro benzene ring substituents is 1. The van der Waals surface area contributed by atoms with E-state index in [9.17, 15) is 34.1 Å². The summed E-state index contributed by atoms with van der Waals surface area (Å²) in [6.45, 7) is -0.206. The molecule has 1 aliphatic rings. The zero-order valence-corrected chi connectivity index (χ0v) is 29.5. The third-order valence-corrected chi connectivity index (χ3v) is 8.93. The summed E-state index contributed by atoms with van der Waals surface area (Å²) in [7, 11) is 0. The highest BCUT2D eigenvalue weighted by atomic mass is 16.6. The number of ether oxygens (including phenoxy) is 2. The van der Waals surface area contributed by atoms with Crippen molar-refractivity contribution in [3.05, 3.63) is 124 Å². The number of nitrogens with two attached hydrogens (primary N) is 1. The number of amides is 4. The summed E-state index contributed by atoms with van der Waals surface area (Å²) in [4.78, 5) is 77.0. The van der Waals surface area contributed by atoms with Crippen molar-refractivity contribution in [2.75, 3.05) is 19.6 Å². The lowest BCUT2D eigenvalue weighted by Crippen LogP contribution is -2.56. The van der Waals surface area contributed by atoms with Gasteiger partial charge in [-0.3, -0.25) is 29.3 Å². The molecule has 0 bridgehead atoms. The van der Waals surface area contributed by atoms with Gasteiger partial charge in [-0.2, -0.15) is 0 Å². The number of carbonyl (C=O) groups excluding carboxylic acids is 5. The van der Waals surface area contributed by atoms with Crippen molar-refractivity contribution in [2.24, 2.45) is 5.73 Å². The van der Waals surface area contributed by atoms with Gasteiger partial charge in [-0.05, 0) is 58.9 Å². The summed E-state index contributed by atoms with van der Waals surface area (Å²) in [5.74, 6) is -2.37. The average molecular weight is 739 g/mol. The predicted molar refractivity (Wildman–Crippen MR) is 197 cm³/mol. The fraction of sp³-hybridized carbons (Fsp3) is 0.308. The maximum Gasteiger partial charge on any atom is 0.407 e.